The second kappa shape index (κ2) is 10.3. The van der Waals surface area contributed by atoms with Gasteiger partial charge in [0.2, 0.25) is 5.91 Å². The van der Waals surface area contributed by atoms with Crippen LogP contribution < -0.4 is 10.1 Å². The van der Waals surface area contributed by atoms with Gasteiger partial charge in [0.05, 0.1) is 17.9 Å². The number of thiocarbonyl (C=S) groups is 1. The van der Waals surface area contributed by atoms with Crippen molar-refractivity contribution in [3.05, 3.63) is 29.8 Å². The van der Waals surface area contributed by atoms with Crippen LogP contribution in [-0.4, -0.2) is 59.1 Å². The van der Waals surface area contributed by atoms with Gasteiger partial charge in [0.15, 0.2) is 6.61 Å². The normalized spacial score (nSPS) is 13.8. The Labute approximate surface area is 167 Å². The molecular weight excluding hydrogens is 388 g/mol. The molecule has 27 heavy (non-hydrogen) atoms. The summed E-state index contributed by atoms with van der Waals surface area (Å²) in [5.41, 5.74) is 0.314. The van der Waals surface area contributed by atoms with Gasteiger partial charge in [-0.05, 0) is 24.1 Å². The van der Waals surface area contributed by atoms with E-state index in [1.807, 2.05) is 13.8 Å². The smallest absolute Gasteiger partial charge is 0.338 e. The lowest BCUT2D eigenvalue weighted by atomic mass is 10.2. The number of benzene rings is 1. The highest BCUT2D eigenvalue weighted by Gasteiger charge is 2.25. The van der Waals surface area contributed by atoms with Crippen molar-refractivity contribution in [3.63, 3.8) is 0 Å². The van der Waals surface area contributed by atoms with Crippen molar-refractivity contribution in [3.8, 4) is 5.75 Å². The molecule has 1 aliphatic heterocycles. The summed E-state index contributed by atoms with van der Waals surface area (Å²) < 4.78 is 11.1. The molecule has 1 heterocycles. The number of hydrogen-bond acceptors (Lipinski definition) is 7. The fourth-order valence-corrected chi connectivity index (χ4v) is 3.27. The number of carbonyl (C=O) groups excluding carboxylic acids is 3. The first kappa shape index (κ1) is 21.2. The number of carbonyl (C=O) groups is 3. The van der Waals surface area contributed by atoms with Crippen molar-refractivity contribution in [1.29, 1.82) is 0 Å². The molecular formula is C18H22N2O5S2. The van der Waals surface area contributed by atoms with Crippen LogP contribution in [0, 0.1) is 5.92 Å². The number of nitrogens with zero attached hydrogens (tertiary/aromatic N) is 1. The Kier molecular flexibility index (Phi) is 8.05. The molecule has 0 radical (unpaired) electrons. The molecule has 2 amide bonds. The second-order valence-electron chi connectivity index (χ2n) is 6.26. The van der Waals surface area contributed by atoms with Gasteiger partial charge in [0.25, 0.3) is 5.91 Å². The predicted molar refractivity (Wildman–Crippen MR) is 107 cm³/mol. The van der Waals surface area contributed by atoms with Gasteiger partial charge in [-0.3, -0.25) is 14.5 Å². The molecule has 1 aromatic rings. The topological polar surface area (TPSA) is 84.9 Å². The molecule has 0 unspecified atom stereocenters. The number of esters is 1. The zero-order chi connectivity index (χ0) is 19.8. The van der Waals surface area contributed by atoms with Crippen LogP contribution in [0.1, 0.15) is 24.2 Å². The van der Waals surface area contributed by atoms with Crippen LogP contribution >= 0.6 is 24.0 Å². The van der Waals surface area contributed by atoms with E-state index in [1.165, 1.54) is 16.7 Å². The van der Waals surface area contributed by atoms with Crippen molar-refractivity contribution < 1.29 is 23.9 Å². The van der Waals surface area contributed by atoms with Crippen LogP contribution in [0.15, 0.2) is 24.3 Å². The lowest BCUT2D eigenvalue weighted by molar-refractivity contribution is -0.126. The first-order valence-corrected chi connectivity index (χ1v) is 9.90. The van der Waals surface area contributed by atoms with Gasteiger partial charge >= 0.3 is 5.97 Å². The Morgan fingerprint density at radius 1 is 1.37 bits per heavy atom. The van der Waals surface area contributed by atoms with E-state index in [9.17, 15) is 14.4 Å². The number of amides is 2. The van der Waals surface area contributed by atoms with Crippen LogP contribution in [0.3, 0.4) is 0 Å². The summed E-state index contributed by atoms with van der Waals surface area (Å²) in [7, 11) is 0. The summed E-state index contributed by atoms with van der Waals surface area (Å²) in [5, 5.41) is 2.60. The van der Waals surface area contributed by atoms with Crippen molar-refractivity contribution in [2.24, 2.45) is 5.92 Å². The van der Waals surface area contributed by atoms with Gasteiger partial charge in [0.1, 0.15) is 10.1 Å². The second-order valence-corrected chi connectivity index (χ2v) is 7.87. The zero-order valence-corrected chi connectivity index (χ0v) is 16.9. The van der Waals surface area contributed by atoms with Gasteiger partial charge in [-0.2, -0.15) is 0 Å². The van der Waals surface area contributed by atoms with E-state index in [1.54, 1.807) is 24.3 Å². The molecule has 1 aliphatic rings. The lowest BCUT2D eigenvalue weighted by Crippen LogP contribution is -2.38. The molecule has 1 N–H and O–H groups in total. The number of hydrogen-bond donors (Lipinski definition) is 1. The van der Waals surface area contributed by atoms with E-state index in [-0.39, 0.29) is 12.5 Å². The number of ether oxygens (including phenoxy) is 2. The molecule has 0 bridgehead atoms. The number of rotatable bonds is 9. The molecule has 1 fully saturated rings. The number of thioether (sulfide) groups is 1. The van der Waals surface area contributed by atoms with Crippen LogP contribution in [0.4, 0.5) is 0 Å². The summed E-state index contributed by atoms with van der Waals surface area (Å²) >= 11 is 6.36. The van der Waals surface area contributed by atoms with Crippen LogP contribution in [0.5, 0.6) is 5.75 Å². The summed E-state index contributed by atoms with van der Waals surface area (Å²) in [6.45, 7) is 4.75. The maximum absolute atomic E-state index is 12.1. The Bertz CT molecular complexity index is 707. The van der Waals surface area contributed by atoms with Crippen molar-refractivity contribution in [1.82, 2.24) is 10.2 Å². The van der Waals surface area contributed by atoms with Gasteiger partial charge in [-0.25, -0.2) is 4.79 Å². The average Bonchev–Trinajstić information content (AvgIpc) is 2.96. The average molecular weight is 411 g/mol. The monoisotopic (exact) mass is 410 g/mol. The molecule has 1 saturated heterocycles. The maximum Gasteiger partial charge on any atom is 0.338 e. The van der Waals surface area contributed by atoms with E-state index >= 15 is 0 Å². The molecule has 0 aromatic heterocycles. The Morgan fingerprint density at radius 2 is 2.15 bits per heavy atom. The van der Waals surface area contributed by atoms with Gasteiger partial charge in [-0.1, -0.05) is 43.9 Å². The van der Waals surface area contributed by atoms with E-state index in [0.29, 0.717) is 40.5 Å². The summed E-state index contributed by atoms with van der Waals surface area (Å²) in [6.07, 6.45) is 0. The molecule has 7 nitrogen and oxygen atoms in total. The van der Waals surface area contributed by atoms with Crippen molar-refractivity contribution >= 4 is 46.1 Å². The molecule has 0 aliphatic carbocycles. The Morgan fingerprint density at radius 3 is 2.81 bits per heavy atom. The summed E-state index contributed by atoms with van der Waals surface area (Å²) in [4.78, 5) is 36.9. The lowest BCUT2D eigenvalue weighted by Gasteiger charge is -2.15. The van der Waals surface area contributed by atoms with E-state index in [4.69, 9.17) is 21.7 Å². The van der Waals surface area contributed by atoms with Crippen LogP contribution in [0.2, 0.25) is 0 Å². The standard InChI is InChI=1S/C18H22N2O5S2/c1-12(2)9-24-14-5-3-4-13(8-14)17(23)25-10-15(21)19-6-7-20-16(22)11-27-18(20)26/h3-5,8,12H,6-7,9-11H2,1-2H3,(H,19,21). The molecule has 9 heteroatoms. The fraction of sp³-hybridized carbons (Fsp3) is 0.444. The number of nitrogens with one attached hydrogen (secondary N) is 1. The van der Waals surface area contributed by atoms with E-state index in [0.717, 1.165) is 0 Å². The summed E-state index contributed by atoms with van der Waals surface area (Å²) in [5.74, 6) is 0.169. The highest BCUT2D eigenvalue weighted by molar-refractivity contribution is 8.23. The minimum Gasteiger partial charge on any atom is -0.493 e. The molecule has 2 rings (SSSR count). The fourth-order valence-electron chi connectivity index (χ4n) is 2.15. The van der Waals surface area contributed by atoms with Crippen molar-refractivity contribution in [2.45, 2.75) is 13.8 Å². The van der Waals surface area contributed by atoms with Crippen LogP contribution in [-0.2, 0) is 14.3 Å². The molecule has 1 aromatic carbocycles. The Balaban J connectivity index is 1.73. The predicted octanol–water partition coefficient (Wildman–Crippen LogP) is 1.85. The largest absolute Gasteiger partial charge is 0.493 e. The first-order chi connectivity index (χ1) is 12.9. The molecule has 0 atom stereocenters. The SMILES string of the molecule is CC(C)COc1cccc(C(=O)OCC(=O)NCCN2C(=O)CSC2=S)c1. The van der Waals surface area contributed by atoms with Gasteiger partial charge < -0.3 is 14.8 Å². The van der Waals surface area contributed by atoms with E-state index in [2.05, 4.69) is 5.32 Å². The summed E-state index contributed by atoms with van der Waals surface area (Å²) in [6, 6.07) is 6.63. The zero-order valence-electron chi connectivity index (χ0n) is 15.2. The van der Waals surface area contributed by atoms with Gasteiger partial charge in [-0.15, -0.1) is 0 Å². The maximum atomic E-state index is 12.1. The first-order valence-electron chi connectivity index (χ1n) is 8.50. The van der Waals surface area contributed by atoms with Gasteiger partial charge in [0, 0.05) is 13.1 Å². The molecule has 0 spiro atoms. The minimum atomic E-state index is -0.604. The third-order valence-electron chi connectivity index (χ3n) is 3.49. The molecule has 146 valence electrons. The third-order valence-corrected chi connectivity index (χ3v) is 4.92. The Hall–Kier alpha value is -2.13. The molecule has 0 saturated carbocycles. The third kappa shape index (κ3) is 6.84. The highest BCUT2D eigenvalue weighted by Crippen LogP contribution is 2.18. The quantitative estimate of drug-likeness (QED) is 0.491. The van der Waals surface area contributed by atoms with E-state index < -0.39 is 18.5 Å². The van der Waals surface area contributed by atoms with Crippen molar-refractivity contribution in [2.75, 3.05) is 32.1 Å². The van der Waals surface area contributed by atoms with Crippen LogP contribution in [0.25, 0.3) is 0 Å². The highest BCUT2D eigenvalue weighted by atomic mass is 32.2. The minimum absolute atomic E-state index is 0.0646.